The first-order chi connectivity index (χ1) is 9.09. The van der Waals surface area contributed by atoms with Crippen LogP contribution >= 0.6 is 22.6 Å². The normalized spacial score (nSPS) is 10.2. The number of nitrogen functional groups attached to an aromatic ring is 1. The number of hydrogen-bond acceptors (Lipinski definition) is 4. The maximum Gasteiger partial charge on any atom is 0.292 e. The van der Waals surface area contributed by atoms with Gasteiger partial charge in [-0.2, -0.15) is 0 Å². The van der Waals surface area contributed by atoms with E-state index in [1.807, 2.05) is 24.3 Å². The zero-order chi connectivity index (χ0) is 13.8. The number of anilines is 1. The number of benzene rings is 2. The predicted molar refractivity (Wildman–Crippen MR) is 81.0 cm³/mol. The molecule has 0 unspecified atom stereocenters. The number of rotatable bonds is 4. The van der Waals surface area contributed by atoms with Crippen molar-refractivity contribution in [3.63, 3.8) is 0 Å². The van der Waals surface area contributed by atoms with E-state index in [0.29, 0.717) is 5.56 Å². The molecule has 5 nitrogen and oxygen atoms in total. The Labute approximate surface area is 123 Å². The largest absolute Gasteiger partial charge is 0.488 e. The lowest BCUT2D eigenvalue weighted by Crippen LogP contribution is -2.04. The third kappa shape index (κ3) is 3.14. The Morgan fingerprint density at radius 3 is 2.63 bits per heavy atom. The van der Waals surface area contributed by atoms with Crippen LogP contribution in [0.5, 0.6) is 5.75 Å². The highest BCUT2D eigenvalue weighted by atomic mass is 127. The molecule has 0 bridgehead atoms. The van der Waals surface area contributed by atoms with E-state index >= 15 is 0 Å². The van der Waals surface area contributed by atoms with Gasteiger partial charge in [0.25, 0.3) is 5.69 Å². The van der Waals surface area contributed by atoms with Gasteiger partial charge in [0.05, 0.1) is 8.49 Å². The number of nitro benzene ring substituents is 1. The summed E-state index contributed by atoms with van der Waals surface area (Å²) < 4.78 is 6.60. The van der Waals surface area contributed by atoms with E-state index in [1.165, 1.54) is 6.07 Å². The molecule has 0 aliphatic heterocycles. The van der Waals surface area contributed by atoms with Gasteiger partial charge in [-0.3, -0.25) is 10.1 Å². The summed E-state index contributed by atoms with van der Waals surface area (Å²) in [6.45, 7) is 0.202. The van der Waals surface area contributed by atoms with Crippen LogP contribution in [0.2, 0.25) is 0 Å². The van der Waals surface area contributed by atoms with Crippen LogP contribution in [0.15, 0.2) is 42.5 Å². The second kappa shape index (κ2) is 5.87. The third-order valence-corrected chi connectivity index (χ3v) is 3.48. The molecule has 2 aromatic rings. The van der Waals surface area contributed by atoms with Crippen LogP contribution in [0.4, 0.5) is 11.4 Å². The Bertz CT molecular complexity index is 617. The molecule has 0 aliphatic rings. The summed E-state index contributed by atoms with van der Waals surface area (Å²) >= 11 is 2.16. The molecule has 2 aromatic carbocycles. The van der Waals surface area contributed by atoms with Crippen molar-refractivity contribution < 1.29 is 9.66 Å². The van der Waals surface area contributed by atoms with Gasteiger partial charge in [0.2, 0.25) is 0 Å². The third-order valence-electron chi connectivity index (χ3n) is 2.59. The van der Waals surface area contributed by atoms with Crippen molar-refractivity contribution in [1.82, 2.24) is 0 Å². The van der Waals surface area contributed by atoms with E-state index in [2.05, 4.69) is 22.6 Å². The topological polar surface area (TPSA) is 78.4 Å². The van der Waals surface area contributed by atoms with E-state index in [1.54, 1.807) is 12.1 Å². The Balaban J connectivity index is 2.19. The van der Waals surface area contributed by atoms with E-state index in [0.717, 1.165) is 9.32 Å². The standard InChI is InChI=1S/C13H11IN2O3/c14-10-5-1-2-7-12(10)19-8-9-4-3-6-11(13(9)15)16(17)18/h1-7H,8,15H2. The van der Waals surface area contributed by atoms with Crippen molar-refractivity contribution in [1.29, 1.82) is 0 Å². The molecule has 0 spiro atoms. The van der Waals surface area contributed by atoms with E-state index in [-0.39, 0.29) is 18.0 Å². The maximum absolute atomic E-state index is 10.8. The molecule has 0 fully saturated rings. The Morgan fingerprint density at radius 1 is 1.21 bits per heavy atom. The predicted octanol–water partition coefficient (Wildman–Crippen LogP) is 3.36. The maximum atomic E-state index is 10.8. The molecular formula is C13H11IN2O3. The second-order valence-corrected chi connectivity index (χ2v) is 4.99. The Morgan fingerprint density at radius 2 is 1.95 bits per heavy atom. The van der Waals surface area contributed by atoms with Gasteiger partial charge < -0.3 is 10.5 Å². The van der Waals surface area contributed by atoms with Gasteiger partial charge in [0.1, 0.15) is 18.0 Å². The van der Waals surface area contributed by atoms with Crippen LogP contribution in [0.3, 0.4) is 0 Å². The van der Waals surface area contributed by atoms with Crippen LogP contribution in [-0.4, -0.2) is 4.92 Å². The highest BCUT2D eigenvalue weighted by Crippen LogP contribution is 2.27. The van der Waals surface area contributed by atoms with Crippen LogP contribution in [0, 0.1) is 13.7 Å². The lowest BCUT2D eigenvalue weighted by molar-refractivity contribution is -0.384. The van der Waals surface area contributed by atoms with Gasteiger partial charge in [-0.05, 0) is 34.7 Å². The molecule has 6 heteroatoms. The van der Waals surface area contributed by atoms with E-state index < -0.39 is 4.92 Å². The number of ether oxygens (including phenoxy) is 1. The average molecular weight is 370 g/mol. The first-order valence-electron chi connectivity index (χ1n) is 5.48. The average Bonchev–Trinajstić information content (AvgIpc) is 2.39. The highest BCUT2D eigenvalue weighted by molar-refractivity contribution is 14.1. The summed E-state index contributed by atoms with van der Waals surface area (Å²) in [6.07, 6.45) is 0. The van der Waals surface area contributed by atoms with E-state index in [4.69, 9.17) is 10.5 Å². The number of halogens is 1. The molecule has 0 radical (unpaired) electrons. The van der Waals surface area contributed by atoms with Gasteiger partial charge in [0, 0.05) is 11.6 Å². The van der Waals surface area contributed by atoms with Gasteiger partial charge in [0.15, 0.2) is 0 Å². The Hall–Kier alpha value is -1.83. The molecule has 19 heavy (non-hydrogen) atoms. The molecule has 0 aromatic heterocycles. The Kier molecular flexibility index (Phi) is 4.20. The minimum atomic E-state index is -0.495. The summed E-state index contributed by atoms with van der Waals surface area (Å²) in [5, 5.41) is 10.8. The van der Waals surface area contributed by atoms with Crippen molar-refractivity contribution >= 4 is 34.0 Å². The van der Waals surface area contributed by atoms with Gasteiger partial charge in [-0.1, -0.05) is 24.3 Å². The number of nitrogens with zero attached hydrogens (tertiary/aromatic N) is 1. The lowest BCUT2D eigenvalue weighted by Gasteiger charge is -2.09. The van der Waals surface area contributed by atoms with Crippen LogP contribution in [-0.2, 0) is 6.61 Å². The fourth-order valence-corrected chi connectivity index (χ4v) is 2.14. The lowest BCUT2D eigenvalue weighted by atomic mass is 10.1. The quantitative estimate of drug-likeness (QED) is 0.388. The van der Waals surface area contributed by atoms with Crippen molar-refractivity contribution in [2.24, 2.45) is 0 Å². The van der Waals surface area contributed by atoms with Crippen molar-refractivity contribution in [3.05, 3.63) is 61.7 Å². The van der Waals surface area contributed by atoms with Gasteiger partial charge in [-0.25, -0.2) is 0 Å². The summed E-state index contributed by atoms with van der Waals surface area (Å²) in [5.41, 5.74) is 6.43. The fraction of sp³-hybridized carbons (Fsp3) is 0.0769. The number of nitro groups is 1. The zero-order valence-electron chi connectivity index (χ0n) is 9.88. The molecule has 2 N–H and O–H groups in total. The molecule has 0 atom stereocenters. The first-order valence-corrected chi connectivity index (χ1v) is 6.56. The van der Waals surface area contributed by atoms with Crippen molar-refractivity contribution in [2.45, 2.75) is 6.61 Å². The van der Waals surface area contributed by atoms with E-state index in [9.17, 15) is 10.1 Å². The zero-order valence-corrected chi connectivity index (χ0v) is 12.0. The molecule has 0 amide bonds. The molecule has 0 saturated carbocycles. The molecule has 2 rings (SSSR count). The summed E-state index contributed by atoms with van der Waals surface area (Å²) in [4.78, 5) is 10.3. The van der Waals surface area contributed by atoms with Crippen LogP contribution in [0.25, 0.3) is 0 Å². The van der Waals surface area contributed by atoms with Crippen LogP contribution < -0.4 is 10.5 Å². The molecule has 98 valence electrons. The number of hydrogen-bond donors (Lipinski definition) is 1. The van der Waals surface area contributed by atoms with Crippen LogP contribution in [0.1, 0.15) is 5.56 Å². The fourth-order valence-electron chi connectivity index (χ4n) is 1.60. The summed E-state index contributed by atoms with van der Waals surface area (Å²) in [5.74, 6) is 0.731. The van der Waals surface area contributed by atoms with Crippen molar-refractivity contribution in [3.8, 4) is 5.75 Å². The molecule has 0 aliphatic carbocycles. The first kappa shape index (κ1) is 13.6. The monoisotopic (exact) mass is 370 g/mol. The van der Waals surface area contributed by atoms with Gasteiger partial charge >= 0.3 is 0 Å². The van der Waals surface area contributed by atoms with Gasteiger partial charge in [-0.15, -0.1) is 0 Å². The number of nitrogens with two attached hydrogens (primary N) is 1. The second-order valence-electron chi connectivity index (χ2n) is 3.83. The molecule has 0 saturated heterocycles. The SMILES string of the molecule is Nc1c(COc2ccccc2I)cccc1[N+](=O)[O-]. The number of para-hydroxylation sites is 2. The molecule has 0 heterocycles. The highest BCUT2D eigenvalue weighted by Gasteiger charge is 2.14. The summed E-state index contributed by atoms with van der Waals surface area (Å²) in [7, 11) is 0. The summed E-state index contributed by atoms with van der Waals surface area (Å²) in [6, 6.07) is 12.2. The smallest absolute Gasteiger partial charge is 0.292 e. The molecular weight excluding hydrogens is 359 g/mol. The van der Waals surface area contributed by atoms with Crippen molar-refractivity contribution in [2.75, 3.05) is 5.73 Å². The minimum Gasteiger partial charge on any atom is -0.488 e. The minimum absolute atomic E-state index is 0.0936.